The Morgan fingerprint density at radius 1 is 1.50 bits per heavy atom. The van der Waals surface area contributed by atoms with Crippen LogP contribution in [0.1, 0.15) is 6.42 Å². The summed E-state index contributed by atoms with van der Waals surface area (Å²) in [6.45, 7) is 0.353. The third kappa shape index (κ3) is 3.39. The first-order chi connectivity index (χ1) is 9.60. The normalized spacial score (nSPS) is 10.2. The number of benzene rings is 1. The third-order valence-corrected chi connectivity index (χ3v) is 3.42. The number of methoxy groups -OCH3 is 1. The smallest absolute Gasteiger partial charge is 0.307 e. The van der Waals surface area contributed by atoms with E-state index in [-0.39, 0.29) is 17.2 Å². The van der Waals surface area contributed by atoms with Gasteiger partial charge in [-0.15, -0.1) is 0 Å². The first kappa shape index (κ1) is 14.1. The lowest BCUT2D eigenvalue weighted by molar-refractivity contribution is -0.116. The summed E-state index contributed by atoms with van der Waals surface area (Å²) in [6.07, 6.45) is 1.88. The number of hydrogen-bond donors (Lipinski definition) is 2. The van der Waals surface area contributed by atoms with E-state index in [9.17, 15) is 9.59 Å². The molecule has 1 amide bonds. The molecular formula is C13H15N3O3S. The van der Waals surface area contributed by atoms with E-state index in [1.54, 1.807) is 29.8 Å². The molecule has 2 rings (SSSR count). The molecule has 1 heterocycles. The van der Waals surface area contributed by atoms with E-state index < -0.39 is 0 Å². The fourth-order valence-corrected chi connectivity index (χ4v) is 2.31. The average molecular weight is 293 g/mol. The number of aromatic nitrogens is 1. The first-order valence-corrected chi connectivity index (χ1v) is 6.85. The molecule has 1 aromatic heterocycles. The minimum Gasteiger partial charge on any atom is -0.494 e. The second-order valence-corrected chi connectivity index (χ2v) is 4.98. The third-order valence-electron chi connectivity index (χ3n) is 2.72. The van der Waals surface area contributed by atoms with Crippen molar-refractivity contribution in [1.29, 1.82) is 0 Å². The van der Waals surface area contributed by atoms with E-state index in [2.05, 4.69) is 5.32 Å². The fraction of sp³-hybridized carbons (Fsp3) is 0.231. The first-order valence-electron chi connectivity index (χ1n) is 5.97. The number of amides is 1. The van der Waals surface area contributed by atoms with Crippen molar-refractivity contribution >= 4 is 28.6 Å². The molecule has 7 heteroatoms. The standard InChI is InChI=1S/C13H15N3O3S/c1-19-11-8-9(14)2-3-10(11)15-12(17)4-5-16-6-7-20-13(16)18/h2-3,6-8H,4-5,14H2,1H3,(H,15,17). The quantitative estimate of drug-likeness (QED) is 0.819. The predicted molar refractivity (Wildman–Crippen MR) is 79.2 cm³/mol. The molecule has 0 bridgehead atoms. The van der Waals surface area contributed by atoms with Gasteiger partial charge in [0.2, 0.25) is 5.91 Å². The molecule has 2 aromatic rings. The summed E-state index contributed by atoms with van der Waals surface area (Å²) in [5, 5.41) is 4.44. The fourth-order valence-electron chi connectivity index (χ4n) is 1.70. The Kier molecular flexibility index (Phi) is 4.41. The number of nitrogens with zero attached hydrogens (tertiary/aromatic N) is 1. The van der Waals surface area contributed by atoms with Gasteiger partial charge in [0.25, 0.3) is 0 Å². The lowest BCUT2D eigenvalue weighted by atomic mass is 10.2. The molecule has 0 aliphatic carbocycles. The van der Waals surface area contributed by atoms with Gasteiger partial charge < -0.3 is 20.4 Å². The van der Waals surface area contributed by atoms with Crippen LogP contribution in [-0.2, 0) is 11.3 Å². The van der Waals surface area contributed by atoms with Crippen molar-refractivity contribution < 1.29 is 9.53 Å². The summed E-state index contributed by atoms with van der Waals surface area (Å²) in [5.74, 6) is 0.317. The molecule has 0 saturated carbocycles. The Balaban J connectivity index is 1.98. The van der Waals surface area contributed by atoms with Gasteiger partial charge in [-0.25, -0.2) is 0 Å². The topological polar surface area (TPSA) is 86.3 Å². The SMILES string of the molecule is COc1cc(N)ccc1NC(=O)CCn1ccsc1=O. The van der Waals surface area contributed by atoms with Gasteiger partial charge in [0.05, 0.1) is 12.8 Å². The van der Waals surface area contributed by atoms with Crippen LogP contribution in [0.4, 0.5) is 11.4 Å². The summed E-state index contributed by atoms with van der Waals surface area (Å²) >= 11 is 1.11. The molecular weight excluding hydrogens is 278 g/mol. The van der Waals surface area contributed by atoms with Crippen LogP contribution in [0, 0.1) is 0 Å². The number of rotatable bonds is 5. The molecule has 0 unspecified atom stereocenters. The van der Waals surface area contributed by atoms with Crippen molar-refractivity contribution in [3.63, 3.8) is 0 Å². The minimum absolute atomic E-state index is 0.0668. The van der Waals surface area contributed by atoms with E-state index in [0.29, 0.717) is 23.7 Å². The largest absolute Gasteiger partial charge is 0.494 e. The number of nitrogens with one attached hydrogen (secondary N) is 1. The Labute approximate surface area is 119 Å². The maximum atomic E-state index is 11.9. The van der Waals surface area contributed by atoms with E-state index in [0.717, 1.165) is 11.3 Å². The summed E-state index contributed by atoms with van der Waals surface area (Å²) < 4.78 is 6.65. The van der Waals surface area contributed by atoms with Crippen LogP contribution in [-0.4, -0.2) is 17.6 Å². The van der Waals surface area contributed by atoms with Crippen LogP contribution in [0.3, 0.4) is 0 Å². The monoisotopic (exact) mass is 293 g/mol. The number of hydrogen-bond acceptors (Lipinski definition) is 5. The molecule has 0 aliphatic heterocycles. The van der Waals surface area contributed by atoms with Crippen molar-refractivity contribution in [1.82, 2.24) is 4.57 Å². The van der Waals surface area contributed by atoms with Crippen LogP contribution in [0.5, 0.6) is 5.75 Å². The lowest BCUT2D eigenvalue weighted by Gasteiger charge is -2.10. The minimum atomic E-state index is -0.189. The number of ether oxygens (including phenoxy) is 1. The predicted octanol–water partition coefficient (Wildman–Crippen LogP) is 1.53. The highest BCUT2D eigenvalue weighted by atomic mass is 32.1. The zero-order valence-electron chi connectivity index (χ0n) is 11.0. The number of carbonyl (C=O) groups excluding carboxylic acids is 1. The van der Waals surface area contributed by atoms with Crippen molar-refractivity contribution in [3.05, 3.63) is 39.4 Å². The van der Waals surface area contributed by atoms with Crippen molar-refractivity contribution in [2.45, 2.75) is 13.0 Å². The van der Waals surface area contributed by atoms with E-state index in [4.69, 9.17) is 10.5 Å². The summed E-state index contributed by atoms with van der Waals surface area (Å²) in [7, 11) is 1.51. The van der Waals surface area contributed by atoms with Crippen LogP contribution >= 0.6 is 11.3 Å². The van der Waals surface area contributed by atoms with Crippen molar-refractivity contribution in [2.24, 2.45) is 0 Å². The maximum absolute atomic E-state index is 11.9. The Hall–Kier alpha value is -2.28. The molecule has 0 spiro atoms. The summed E-state index contributed by atoms with van der Waals surface area (Å²) in [4.78, 5) is 23.1. The zero-order valence-corrected chi connectivity index (χ0v) is 11.8. The molecule has 0 radical (unpaired) electrons. The van der Waals surface area contributed by atoms with Gasteiger partial charge >= 0.3 is 4.87 Å². The molecule has 0 atom stereocenters. The number of nitrogen functional groups attached to an aromatic ring is 1. The highest BCUT2D eigenvalue weighted by molar-refractivity contribution is 7.07. The van der Waals surface area contributed by atoms with Crippen molar-refractivity contribution in [3.8, 4) is 5.75 Å². The van der Waals surface area contributed by atoms with Gasteiger partial charge in [0.15, 0.2) is 0 Å². The van der Waals surface area contributed by atoms with Crippen LogP contribution in [0.15, 0.2) is 34.6 Å². The Morgan fingerprint density at radius 3 is 2.95 bits per heavy atom. The van der Waals surface area contributed by atoms with E-state index in [1.807, 2.05) is 0 Å². The number of anilines is 2. The molecule has 3 N–H and O–H groups in total. The summed E-state index contributed by atoms with van der Waals surface area (Å²) in [5.41, 5.74) is 6.76. The molecule has 0 fully saturated rings. The molecule has 6 nitrogen and oxygen atoms in total. The Morgan fingerprint density at radius 2 is 2.30 bits per heavy atom. The lowest BCUT2D eigenvalue weighted by Crippen LogP contribution is -2.19. The second-order valence-electron chi connectivity index (χ2n) is 4.12. The summed E-state index contributed by atoms with van der Waals surface area (Å²) in [6, 6.07) is 5.00. The molecule has 106 valence electrons. The molecule has 1 aromatic carbocycles. The van der Waals surface area contributed by atoms with Crippen LogP contribution in [0.25, 0.3) is 0 Å². The number of thiazole rings is 1. The maximum Gasteiger partial charge on any atom is 0.307 e. The van der Waals surface area contributed by atoms with E-state index in [1.165, 1.54) is 11.7 Å². The molecule has 20 heavy (non-hydrogen) atoms. The van der Waals surface area contributed by atoms with Gasteiger partial charge in [-0.2, -0.15) is 0 Å². The molecule has 0 aliphatic rings. The number of aryl methyl sites for hydroxylation is 1. The van der Waals surface area contributed by atoms with Gasteiger partial charge in [-0.1, -0.05) is 11.3 Å². The average Bonchev–Trinajstić information content (AvgIpc) is 2.84. The van der Waals surface area contributed by atoms with Crippen LogP contribution in [0.2, 0.25) is 0 Å². The highest BCUT2D eigenvalue weighted by Gasteiger charge is 2.08. The van der Waals surface area contributed by atoms with Crippen molar-refractivity contribution in [2.75, 3.05) is 18.2 Å². The second kappa shape index (κ2) is 6.25. The van der Waals surface area contributed by atoms with Gasteiger partial charge in [-0.05, 0) is 12.1 Å². The van der Waals surface area contributed by atoms with Gasteiger partial charge in [0, 0.05) is 36.3 Å². The van der Waals surface area contributed by atoms with Crippen LogP contribution < -0.4 is 20.7 Å². The highest BCUT2D eigenvalue weighted by Crippen LogP contribution is 2.26. The van der Waals surface area contributed by atoms with E-state index >= 15 is 0 Å². The van der Waals surface area contributed by atoms with Gasteiger partial charge in [-0.3, -0.25) is 9.59 Å². The molecule has 0 saturated heterocycles. The Bertz CT molecular complexity index is 663. The zero-order chi connectivity index (χ0) is 14.5. The number of carbonyl (C=O) groups is 1. The van der Waals surface area contributed by atoms with Gasteiger partial charge in [0.1, 0.15) is 5.75 Å². The number of nitrogens with two attached hydrogens (primary N) is 1.